The Bertz CT molecular complexity index is 325. The quantitative estimate of drug-likeness (QED) is 0.733. The Labute approximate surface area is 75.7 Å². The van der Waals surface area contributed by atoms with E-state index >= 15 is 0 Å². The molecule has 0 atom stereocenters. The summed E-state index contributed by atoms with van der Waals surface area (Å²) in [7, 11) is 0. The summed E-state index contributed by atoms with van der Waals surface area (Å²) in [4.78, 5) is 10.4. The monoisotopic (exact) mass is 182 g/mol. The van der Waals surface area contributed by atoms with Crippen LogP contribution in [0, 0.1) is 12.7 Å². The molecule has 0 bridgehead atoms. The minimum atomic E-state index is -0.513. The van der Waals surface area contributed by atoms with E-state index in [1.165, 1.54) is 0 Å². The van der Waals surface area contributed by atoms with Crippen LogP contribution in [0.1, 0.15) is 5.56 Å². The topological polar surface area (TPSA) is 55.1 Å². The van der Waals surface area contributed by atoms with Gasteiger partial charge in [0.15, 0.2) is 0 Å². The van der Waals surface area contributed by atoms with Crippen molar-refractivity contribution in [3.05, 3.63) is 29.6 Å². The molecule has 1 rings (SSSR count). The van der Waals surface area contributed by atoms with E-state index in [1.807, 2.05) is 0 Å². The van der Waals surface area contributed by atoms with Gasteiger partial charge in [0.1, 0.15) is 5.82 Å². The van der Waals surface area contributed by atoms with E-state index in [0.29, 0.717) is 11.3 Å². The zero-order valence-corrected chi connectivity index (χ0v) is 7.30. The van der Waals surface area contributed by atoms with Gasteiger partial charge in [-0.25, -0.2) is 4.39 Å². The lowest BCUT2D eigenvalue weighted by atomic mass is 10.2. The number of halogens is 1. The van der Waals surface area contributed by atoms with Gasteiger partial charge < -0.3 is 11.1 Å². The molecular formula is C9H11FN2O. The first kappa shape index (κ1) is 9.51. The molecule has 0 heterocycles. The molecule has 0 unspecified atom stereocenters. The number of nitrogens with one attached hydrogen (secondary N) is 1. The van der Waals surface area contributed by atoms with E-state index in [4.69, 9.17) is 5.73 Å². The number of aryl methyl sites for hydroxylation is 1. The van der Waals surface area contributed by atoms with Gasteiger partial charge in [-0.3, -0.25) is 4.79 Å². The van der Waals surface area contributed by atoms with Crippen molar-refractivity contribution in [2.45, 2.75) is 6.92 Å². The summed E-state index contributed by atoms with van der Waals surface area (Å²) in [5.74, 6) is -0.857. The number of hydrogen-bond donors (Lipinski definition) is 2. The fraction of sp³-hybridized carbons (Fsp3) is 0.222. The van der Waals surface area contributed by atoms with E-state index in [2.05, 4.69) is 5.32 Å². The van der Waals surface area contributed by atoms with Crippen molar-refractivity contribution in [3.8, 4) is 0 Å². The lowest BCUT2D eigenvalue weighted by molar-refractivity contribution is -0.116. The normalized spacial score (nSPS) is 9.69. The summed E-state index contributed by atoms with van der Waals surface area (Å²) in [6, 6.07) is 4.93. The molecule has 1 aromatic rings. The van der Waals surface area contributed by atoms with Crippen LogP contribution in [0.25, 0.3) is 0 Å². The number of carbonyl (C=O) groups excluding carboxylic acids is 1. The molecule has 0 spiro atoms. The van der Waals surface area contributed by atoms with Crippen LogP contribution in [-0.2, 0) is 4.79 Å². The van der Waals surface area contributed by atoms with Crippen LogP contribution in [0.2, 0.25) is 0 Å². The number of rotatable bonds is 3. The van der Waals surface area contributed by atoms with Crippen molar-refractivity contribution in [2.75, 3.05) is 11.9 Å². The molecule has 0 aliphatic heterocycles. The Kier molecular flexibility index (Phi) is 2.84. The van der Waals surface area contributed by atoms with Crippen molar-refractivity contribution in [1.82, 2.24) is 0 Å². The van der Waals surface area contributed by atoms with Crippen LogP contribution >= 0.6 is 0 Å². The fourth-order valence-corrected chi connectivity index (χ4v) is 0.966. The zero-order chi connectivity index (χ0) is 9.84. The molecule has 0 aromatic heterocycles. The van der Waals surface area contributed by atoms with Gasteiger partial charge in [-0.05, 0) is 18.6 Å². The predicted octanol–water partition coefficient (Wildman–Crippen LogP) is 1.03. The molecule has 3 N–H and O–H groups in total. The SMILES string of the molecule is Cc1cccc(NCC(N)=O)c1F. The summed E-state index contributed by atoms with van der Waals surface area (Å²) >= 11 is 0. The van der Waals surface area contributed by atoms with Gasteiger partial charge in [-0.2, -0.15) is 0 Å². The van der Waals surface area contributed by atoms with Crippen LogP contribution in [0.5, 0.6) is 0 Å². The summed E-state index contributed by atoms with van der Waals surface area (Å²) in [6.07, 6.45) is 0. The second kappa shape index (κ2) is 3.89. The Morgan fingerprint density at radius 1 is 1.62 bits per heavy atom. The number of benzene rings is 1. The first-order valence-corrected chi connectivity index (χ1v) is 3.88. The maximum atomic E-state index is 13.2. The largest absolute Gasteiger partial charge is 0.374 e. The highest BCUT2D eigenvalue weighted by molar-refractivity contribution is 5.78. The van der Waals surface area contributed by atoms with Crippen molar-refractivity contribution < 1.29 is 9.18 Å². The molecule has 0 fully saturated rings. The van der Waals surface area contributed by atoms with E-state index in [1.54, 1.807) is 25.1 Å². The second-order valence-electron chi connectivity index (χ2n) is 2.76. The Morgan fingerprint density at radius 3 is 2.92 bits per heavy atom. The van der Waals surface area contributed by atoms with Gasteiger partial charge in [0.25, 0.3) is 0 Å². The summed E-state index contributed by atoms with van der Waals surface area (Å²) in [5, 5.41) is 2.60. The van der Waals surface area contributed by atoms with Crippen molar-refractivity contribution >= 4 is 11.6 Å². The summed E-state index contributed by atoms with van der Waals surface area (Å²) in [5.41, 5.74) is 5.75. The number of nitrogens with two attached hydrogens (primary N) is 1. The molecule has 13 heavy (non-hydrogen) atoms. The van der Waals surface area contributed by atoms with Crippen LogP contribution in [0.3, 0.4) is 0 Å². The van der Waals surface area contributed by atoms with E-state index in [9.17, 15) is 9.18 Å². The minimum absolute atomic E-state index is 0.0552. The van der Waals surface area contributed by atoms with Gasteiger partial charge in [-0.15, -0.1) is 0 Å². The molecule has 3 nitrogen and oxygen atoms in total. The highest BCUT2D eigenvalue weighted by Gasteiger charge is 2.04. The lowest BCUT2D eigenvalue weighted by Gasteiger charge is -2.06. The molecular weight excluding hydrogens is 171 g/mol. The molecule has 70 valence electrons. The standard InChI is InChI=1S/C9H11FN2O/c1-6-3-2-4-7(9(6)10)12-5-8(11)13/h2-4,12H,5H2,1H3,(H2,11,13). The Morgan fingerprint density at radius 2 is 2.31 bits per heavy atom. The minimum Gasteiger partial charge on any atom is -0.374 e. The number of anilines is 1. The third-order valence-corrected chi connectivity index (χ3v) is 1.64. The third-order valence-electron chi connectivity index (χ3n) is 1.64. The zero-order valence-electron chi connectivity index (χ0n) is 7.30. The van der Waals surface area contributed by atoms with E-state index < -0.39 is 5.91 Å². The molecule has 1 aromatic carbocycles. The summed E-state index contributed by atoms with van der Waals surface area (Å²) in [6.45, 7) is 1.60. The first-order chi connectivity index (χ1) is 6.11. The fourth-order valence-electron chi connectivity index (χ4n) is 0.966. The molecule has 0 saturated carbocycles. The highest BCUT2D eigenvalue weighted by atomic mass is 19.1. The third kappa shape index (κ3) is 2.43. The van der Waals surface area contributed by atoms with Gasteiger partial charge in [0.2, 0.25) is 5.91 Å². The first-order valence-electron chi connectivity index (χ1n) is 3.88. The van der Waals surface area contributed by atoms with Crippen molar-refractivity contribution in [1.29, 1.82) is 0 Å². The van der Waals surface area contributed by atoms with Gasteiger partial charge >= 0.3 is 0 Å². The van der Waals surface area contributed by atoms with E-state index in [0.717, 1.165) is 0 Å². The predicted molar refractivity (Wildman–Crippen MR) is 48.8 cm³/mol. The number of amides is 1. The molecule has 0 aliphatic rings. The van der Waals surface area contributed by atoms with Crippen LogP contribution in [0.4, 0.5) is 10.1 Å². The van der Waals surface area contributed by atoms with E-state index in [-0.39, 0.29) is 12.4 Å². The lowest BCUT2D eigenvalue weighted by Crippen LogP contribution is -2.22. The molecule has 0 saturated heterocycles. The molecule has 1 amide bonds. The maximum absolute atomic E-state index is 13.2. The maximum Gasteiger partial charge on any atom is 0.236 e. The number of hydrogen-bond acceptors (Lipinski definition) is 2. The van der Waals surface area contributed by atoms with Crippen molar-refractivity contribution in [2.24, 2.45) is 5.73 Å². The molecule has 0 radical (unpaired) electrons. The van der Waals surface area contributed by atoms with Gasteiger partial charge in [-0.1, -0.05) is 12.1 Å². The van der Waals surface area contributed by atoms with Crippen molar-refractivity contribution in [3.63, 3.8) is 0 Å². The van der Waals surface area contributed by atoms with Crippen LogP contribution in [-0.4, -0.2) is 12.5 Å². The average molecular weight is 182 g/mol. The smallest absolute Gasteiger partial charge is 0.236 e. The van der Waals surface area contributed by atoms with Crippen LogP contribution < -0.4 is 11.1 Å². The summed E-state index contributed by atoms with van der Waals surface area (Å²) < 4.78 is 13.2. The van der Waals surface area contributed by atoms with Crippen LogP contribution in [0.15, 0.2) is 18.2 Å². The molecule has 4 heteroatoms. The number of primary amides is 1. The molecule has 0 aliphatic carbocycles. The second-order valence-corrected chi connectivity index (χ2v) is 2.76. The van der Waals surface area contributed by atoms with Gasteiger partial charge in [0, 0.05) is 0 Å². The highest BCUT2D eigenvalue weighted by Crippen LogP contribution is 2.16. The Hall–Kier alpha value is -1.58. The average Bonchev–Trinajstić information content (AvgIpc) is 2.07. The number of carbonyl (C=O) groups is 1. The van der Waals surface area contributed by atoms with Gasteiger partial charge in [0.05, 0.1) is 12.2 Å². The Balaban J connectivity index is 2.77.